The molecule has 6 nitrogen and oxygen atoms in total. The maximum absolute atomic E-state index is 11.3. The predicted molar refractivity (Wildman–Crippen MR) is 77.0 cm³/mol. The smallest absolute Gasteiger partial charge is 0.322 e. The second kappa shape index (κ2) is 6.17. The third kappa shape index (κ3) is 3.07. The van der Waals surface area contributed by atoms with Crippen molar-refractivity contribution in [1.29, 1.82) is 0 Å². The van der Waals surface area contributed by atoms with Crippen molar-refractivity contribution in [1.82, 2.24) is 14.9 Å². The van der Waals surface area contributed by atoms with Gasteiger partial charge in [0.25, 0.3) is 0 Å². The van der Waals surface area contributed by atoms with Crippen LogP contribution in [0.15, 0.2) is 6.20 Å². The van der Waals surface area contributed by atoms with Crippen LogP contribution in [0.3, 0.4) is 0 Å². The molecule has 6 heteroatoms. The molecular formula is C14H22N4O2. The van der Waals surface area contributed by atoms with Crippen molar-refractivity contribution in [3.8, 4) is 0 Å². The SMILES string of the molecule is CCCc1cnc(C)nc1N1CCN(C)[C@H](C(=O)O)C1. The molecule has 0 radical (unpaired) electrons. The summed E-state index contributed by atoms with van der Waals surface area (Å²) < 4.78 is 0. The maximum atomic E-state index is 11.3. The van der Waals surface area contributed by atoms with E-state index in [1.54, 1.807) is 0 Å². The Morgan fingerprint density at radius 2 is 2.25 bits per heavy atom. The monoisotopic (exact) mass is 278 g/mol. The Morgan fingerprint density at radius 3 is 2.90 bits per heavy atom. The highest BCUT2D eigenvalue weighted by atomic mass is 16.4. The number of anilines is 1. The first-order valence-electron chi connectivity index (χ1n) is 7.03. The zero-order valence-corrected chi connectivity index (χ0v) is 12.3. The van der Waals surface area contributed by atoms with Crippen molar-refractivity contribution >= 4 is 11.8 Å². The number of aryl methyl sites for hydroxylation is 2. The van der Waals surface area contributed by atoms with Crippen LogP contribution in [-0.4, -0.2) is 58.7 Å². The molecule has 2 heterocycles. The van der Waals surface area contributed by atoms with E-state index in [4.69, 9.17) is 0 Å². The van der Waals surface area contributed by atoms with Gasteiger partial charge in [-0.3, -0.25) is 9.69 Å². The molecule has 0 aliphatic carbocycles. The molecule has 1 fully saturated rings. The van der Waals surface area contributed by atoms with Crippen LogP contribution in [0.2, 0.25) is 0 Å². The Balaban J connectivity index is 2.26. The molecule has 1 saturated heterocycles. The van der Waals surface area contributed by atoms with E-state index in [0.717, 1.165) is 43.1 Å². The van der Waals surface area contributed by atoms with Crippen LogP contribution in [0.5, 0.6) is 0 Å². The van der Waals surface area contributed by atoms with Crippen molar-refractivity contribution in [3.05, 3.63) is 17.6 Å². The first-order valence-corrected chi connectivity index (χ1v) is 7.03. The molecule has 1 aromatic rings. The van der Waals surface area contributed by atoms with Gasteiger partial charge < -0.3 is 10.0 Å². The third-order valence-electron chi connectivity index (χ3n) is 3.71. The summed E-state index contributed by atoms with van der Waals surface area (Å²) in [6, 6.07) is -0.478. The fourth-order valence-electron chi connectivity index (χ4n) is 2.54. The molecule has 0 unspecified atom stereocenters. The average molecular weight is 278 g/mol. The number of hydrogen-bond acceptors (Lipinski definition) is 5. The van der Waals surface area contributed by atoms with Gasteiger partial charge in [0.1, 0.15) is 17.7 Å². The van der Waals surface area contributed by atoms with E-state index in [2.05, 4.69) is 21.8 Å². The van der Waals surface area contributed by atoms with E-state index in [9.17, 15) is 9.90 Å². The molecule has 0 amide bonds. The molecule has 1 atom stereocenters. The standard InChI is InChI=1S/C14H22N4O2/c1-4-5-11-8-15-10(2)16-13(11)18-7-6-17(3)12(9-18)14(19)20/h8,12H,4-7,9H2,1-3H3,(H,19,20)/t12-/m0/s1. The van der Waals surface area contributed by atoms with Crippen LogP contribution in [0.25, 0.3) is 0 Å². The van der Waals surface area contributed by atoms with Crippen molar-refractivity contribution in [2.24, 2.45) is 0 Å². The minimum Gasteiger partial charge on any atom is -0.480 e. The molecule has 0 aromatic carbocycles. The minimum absolute atomic E-state index is 0.471. The van der Waals surface area contributed by atoms with Gasteiger partial charge in [0.05, 0.1) is 0 Å². The quantitative estimate of drug-likeness (QED) is 0.884. The van der Waals surface area contributed by atoms with E-state index >= 15 is 0 Å². The average Bonchev–Trinajstić information content (AvgIpc) is 2.41. The van der Waals surface area contributed by atoms with Crippen molar-refractivity contribution in [2.45, 2.75) is 32.7 Å². The molecule has 1 aliphatic heterocycles. The fraction of sp³-hybridized carbons (Fsp3) is 0.643. The largest absolute Gasteiger partial charge is 0.480 e. The number of nitrogens with zero attached hydrogens (tertiary/aromatic N) is 4. The minimum atomic E-state index is -0.778. The van der Waals surface area contributed by atoms with E-state index < -0.39 is 12.0 Å². The topological polar surface area (TPSA) is 69.6 Å². The summed E-state index contributed by atoms with van der Waals surface area (Å²) in [4.78, 5) is 24.1. The fourth-order valence-corrected chi connectivity index (χ4v) is 2.54. The molecule has 20 heavy (non-hydrogen) atoms. The summed E-state index contributed by atoms with van der Waals surface area (Å²) in [5.41, 5.74) is 1.10. The van der Waals surface area contributed by atoms with Crippen molar-refractivity contribution in [2.75, 3.05) is 31.6 Å². The normalized spacial score (nSPS) is 20.1. The van der Waals surface area contributed by atoms with Gasteiger partial charge in [0.2, 0.25) is 0 Å². The maximum Gasteiger partial charge on any atom is 0.322 e. The number of carboxylic acid groups (broad SMARTS) is 1. The molecule has 1 aliphatic rings. The third-order valence-corrected chi connectivity index (χ3v) is 3.71. The lowest BCUT2D eigenvalue weighted by Gasteiger charge is -2.38. The van der Waals surface area contributed by atoms with Gasteiger partial charge in [0.15, 0.2) is 0 Å². The number of piperazine rings is 1. The number of aromatic nitrogens is 2. The van der Waals surface area contributed by atoms with E-state index in [0.29, 0.717) is 6.54 Å². The first-order chi connectivity index (χ1) is 9.52. The van der Waals surface area contributed by atoms with Crippen LogP contribution >= 0.6 is 0 Å². The number of carboxylic acids is 1. The summed E-state index contributed by atoms with van der Waals surface area (Å²) in [5, 5.41) is 9.30. The number of carbonyl (C=O) groups is 1. The Bertz CT molecular complexity index is 492. The van der Waals surface area contributed by atoms with Gasteiger partial charge in [-0.15, -0.1) is 0 Å². The lowest BCUT2D eigenvalue weighted by molar-refractivity contribution is -0.142. The molecule has 110 valence electrons. The van der Waals surface area contributed by atoms with Gasteiger partial charge >= 0.3 is 5.97 Å². The second-order valence-electron chi connectivity index (χ2n) is 5.30. The number of aliphatic carboxylic acids is 1. The van der Waals surface area contributed by atoms with E-state index in [1.807, 2.05) is 25.1 Å². The number of hydrogen-bond donors (Lipinski definition) is 1. The zero-order chi connectivity index (χ0) is 14.7. The van der Waals surface area contributed by atoms with Crippen LogP contribution in [0.1, 0.15) is 24.7 Å². The second-order valence-corrected chi connectivity index (χ2v) is 5.30. The number of likely N-dealkylation sites (N-methyl/N-ethyl adjacent to an activating group) is 1. The number of rotatable bonds is 4. The molecule has 1 aromatic heterocycles. The van der Waals surface area contributed by atoms with Gasteiger partial charge in [-0.1, -0.05) is 13.3 Å². The Labute approximate surface area is 119 Å². The first kappa shape index (κ1) is 14.7. The molecule has 2 rings (SSSR count). The van der Waals surface area contributed by atoms with Gasteiger partial charge in [0, 0.05) is 31.4 Å². The molecule has 0 saturated carbocycles. The highest BCUT2D eigenvalue weighted by Gasteiger charge is 2.31. The lowest BCUT2D eigenvalue weighted by Crippen LogP contribution is -2.55. The van der Waals surface area contributed by atoms with Crippen LogP contribution in [-0.2, 0) is 11.2 Å². The molecule has 0 bridgehead atoms. The Kier molecular flexibility index (Phi) is 4.54. The summed E-state index contributed by atoms with van der Waals surface area (Å²) in [7, 11) is 1.86. The Hall–Kier alpha value is -1.69. The van der Waals surface area contributed by atoms with Crippen molar-refractivity contribution in [3.63, 3.8) is 0 Å². The molecule has 1 N–H and O–H groups in total. The van der Waals surface area contributed by atoms with Crippen LogP contribution < -0.4 is 4.90 Å². The Morgan fingerprint density at radius 1 is 1.50 bits per heavy atom. The van der Waals surface area contributed by atoms with Crippen LogP contribution in [0.4, 0.5) is 5.82 Å². The van der Waals surface area contributed by atoms with Crippen molar-refractivity contribution < 1.29 is 9.90 Å². The molecule has 0 spiro atoms. The van der Waals surface area contributed by atoms with Gasteiger partial charge in [-0.2, -0.15) is 0 Å². The van der Waals surface area contributed by atoms with Gasteiger partial charge in [-0.25, -0.2) is 9.97 Å². The predicted octanol–water partition coefficient (Wildman–Crippen LogP) is 0.943. The highest BCUT2D eigenvalue weighted by molar-refractivity contribution is 5.75. The van der Waals surface area contributed by atoms with E-state index in [-0.39, 0.29) is 0 Å². The lowest BCUT2D eigenvalue weighted by atomic mass is 10.1. The highest BCUT2D eigenvalue weighted by Crippen LogP contribution is 2.22. The summed E-state index contributed by atoms with van der Waals surface area (Å²) in [5.74, 6) is 0.851. The summed E-state index contributed by atoms with van der Waals surface area (Å²) in [6.45, 7) is 5.98. The zero-order valence-electron chi connectivity index (χ0n) is 12.3. The summed E-state index contributed by atoms with van der Waals surface area (Å²) in [6.07, 6.45) is 3.81. The molecular weight excluding hydrogens is 256 g/mol. The van der Waals surface area contributed by atoms with Gasteiger partial charge in [-0.05, 0) is 20.4 Å². The van der Waals surface area contributed by atoms with Crippen LogP contribution in [0, 0.1) is 6.92 Å². The summed E-state index contributed by atoms with van der Waals surface area (Å²) >= 11 is 0. The van der Waals surface area contributed by atoms with E-state index in [1.165, 1.54) is 0 Å².